The summed E-state index contributed by atoms with van der Waals surface area (Å²) in [6.45, 7) is 3.56. The number of rotatable bonds is 5. The summed E-state index contributed by atoms with van der Waals surface area (Å²) in [5, 5.41) is 2.68. The molecule has 1 fully saturated rings. The number of ether oxygens (including phenoxy) is 1. The summed E-state index contributed by atoms with van der Waals surface area (Å²) in [6, 6.07) is 7.00. The molecule has 1 aromatic carbocycles. The SMILES string of the molecule is COC(=O)[C@@H]1CCCN(S(=O)(=O)c2ccc(NC(=O)c3c(C)cc(=O)oc3C)cc2)C1. The highest BCUT2D eigenvalue weighted by Gasteiger charge is 2.33. The lowest BCUT2D eigenvalue weighted by Crippen LogP contribution is -2.42. The van der Waals surface area contributed by atoms with E-state index in [4.69, 9.17) is 9.15 Å². The fraction of sp³-hybridized carbons (Fsp3) is 0.381. The van der Waals surface area contributed by atoms with E-state index in [1.807, 2.05) is 0 Å². The van der Waals surface area contributed by atoms with Gasteiger partial charge >= 0.3 is 11.6 Å². The molecule has 31 heavy (non-hydrogen) atoms. The van der Waals surface area contributed by atoms with Crippen LogP contribution in [0.5, 0.6) is 0 Å². The van der Waals surface area contributed by atoms with Crippen LogP contribution in [0.2, 0.25) is 0 Å². The molecule has 1 saturated heterocycles. The van der Waals surface area contributed by atoms with Crippen molar-refractivity contribution < 1.29 is 27.2 Å². The number of sulfonamides is 1. The molecule has 1 N–H and O–H groups in total. The summed E-state index contributed by atoms with van der Waals surface area (Å²) in [6.07, 6.45) is 1.15. The van der Waals surface area contributed by atoms with Gasteiger partial charge in [-0.1, -0.05) is 0 Å². The van der Waals surface area contributed by atoms with Gasteiger partial charge in [0.15, 0.2) is 0 Å². The van der Waals surface area contributed by atoms with Gasteiger partial charge in [0.25, 0.3) is 5.91 Å². The van der Waals surface area contributed by atoms with Gasteiger partial charge in [0, 0.05) is 24.8 Å². The lowest BCUT2D eigenvalue weighted by Gasteiger charge is -2.30. The Balaban J connectivity index is 1.76. The monoisotopic (exact) mass is 448 g/mol. The number of hydrogen-bond acceptors (Lipinski definition) is 7. The minimum atomic E-state index is -3.79. The van der Waals surface area contributed by atoms with E-state index in [9.17, 15) is 22.8 Å². The Kier molecular flexibility index (Phi) is 6.61. The van der Waals surface area contributed by atoms with E-state index < -0.39 is 33.4 Å². The first-order chi connectivity index (χ1) is 14.6. The van der Waals surface area contributed by atoms with Crippen LogP contribution >= 0.6 is 0 Å². The molecule has 1 atom stereocenters. The molecular weight excluding hydrogens is 424 g/mol. The van der Waals surface area contributed by atoms with E-state index in [0.717, 1.165) is 0 Å². The highest BCUT2D eigenvalue weighted by atomic mass is 32.2. The number of nitrogens with zero attached hydrogens (tertiary/aromatic N) is 1. The van der Waals surface area contributed by atoms with Crippen LogP contribution in [0, 0.1) is 19.8 Å². The minimum Gasteiger partial charge on any atom is -0.469 e. The van der Waals surface area contributed by atoms with E-state index >= 15 is 0 Å². The van der Waals surface area contributed by atoms with Crippen LogP contribution in [0.1, 0.15) is 34.5 Å². The Labute approximate surface area is 180 Å². The van der Waals surface area contributed by atoms with Crippen LogP contribution in [0.15, 0.2) is 44.4 Å². The summed E-state index contributed by atoms with van der Waals surface area (Å²) >= 11 is 0. The second-order valence-electron chi connectivity index (χ2n) is 7.38. The van der Waals surface area contributed by atoms with Crippen molar-refractivity contribution in [2.75, 3.05) is 25.5 Å². The third kappa shape index (κ3) is 4.86. The van der Waals surface area contributed by atoms with Crippen LogP contribution in [0.25, 0.3) is 0 Å². The van der Waals surface area contributed by atoms with E-state index in [1.165, 1.54) is 48.7 Å². The molecule has 9 nitrogen and oxygen atoms in total. The van der Waals surface area contributed by atoms with Gasteiger partial charge in [0.05, 0.1) is 23.5 Å². The Morgan fingerprint density at radius 2 is 1.87 bits per heavy atom. The number of hydrogen-bond donors (Lipinski definition) is 1. The fourth-order valence-corrected chi connectivity index (χ4v) is 5.19. The first-order valence-corrected chi connectivity index (χ1v) is 11.2. The van der Waals surface area contributed by atoms with Gasteiger partial charge in [-0.25, -0.2) is 13.2 Å². The second-order valence-corrected chi connectivity index (χ2v) is 9.32. The molecule has 0 radical (unpaired) electrons. The normalized spacial score (nSPS) is 17.2. The predicted octanol–water partition coefficient (Wildman–Crippen LogP) is 2.08. The number of aryl methyl sites for hydroxylation is 2. The largest absolute Gasteiger partial charge is 0.469 e. The number of esters is 1. The van der Waals surface area contributed by atoms with Gasteiger partial charge in [0.1, 0.15) is 5.76 Å². The van der Waals surface area contributed by atoms with Crippen molar-refractivity contribution in [3.05, 3.63) is 57.6 Å². The zero-order chi connectivity index (χ0) is 22.8. The molecule has 0 spiro atoms. The summed E-state index contributed by atoms with van der Waals surface area (Å²) in [5.74, 6) is -1.16. The number of carbonyl (C=O) groups excluding carboxylic acids is 2. The summed E-state index contributed by atoms with van der Waals surface area (Å²) < 4.78 is 36.9. The molecule has 1 amide bonds. The fourth-order valence-electron chi connectivity index (χ4n) is 3.67. The van der Waals surface area contributed by atoms with E-state index in [2.05, 4.69) is 5.32 Å². The molecule has 10 heteroatoms. The van der Waals surface area contributed by atoms with Crippen LogP contribution in [-0.4, -0.2) is 44.8 Å². The maximum atomic E-state index is 13.0. The van der Waals surface area contributed by atoms with Crippen molar-refractivity contribution in [1.82, 2.24) is 4.31 Å². The molecule has 166 valence electrons. The van der Waals surface area contributed by atoms with E-state index in [0.29, 0.717) is 30.6 Å². The van der Waals surface area contributed by atoms with Gasteiger partial charge in [-0.05, 0) is 56.5 Å². The van der Waals surface area contributed by atoms with Gasteiger partial charge in [0.2, 0.25) is 10.0 Å². The zero-order valence-corrected chi connectivity index (χ0v) is 18.3. The molecule has 0 unspecified atom stereocenters. The molecular formula is C21H24N2O7S. The first-order valence-electron chi connectivity index (χ1n) is 9.74. The third-order valence-corrected chi connectivity index (χ3v) is 7.11. The predicted molar refractivity (Wildman–Crippen MR) is 112 cm³/mol. The number of carbonyl (C=O) groups is 2. The maximum absolute atomic E-state index is 13.0. The topological polar surface area (TPSA) is 123 Å². The van der Waals surface area contributed by atoms with Crippen LogP contribution in [0.3, 0.4) is 0 Å². The third-order valence-electron chi connectivity index (χ3n) is 5.23. The number of piperidine rings is 1. The van der Waals surface area contributed by atoms with Gasteiger partial charge in [-0.2, -0.15) is 4.31 Å². The minimum absolute atomic E-state index is 0.0640. The van der Waals surface area contributed by atoms with Crippen LogP contribution in [-0.2, 0) is 19.6 Å². The smallest absolute Gasteiger partial charge is 0.336 e. The first kappa shape index (κ1) is 22.7. The van der Waals surface area contributed by atoms with Gasteiger partial charge in [-0.3, -0.25) is 9.59 Å². The molecule has 1 aliphatic rings. The standard InChI is InChI=1S/C21H24N2O7S/c1-13-11-18(24)30-14(2)19(13)20(25)22-16-6-8-17(9-7-16)31(27,28)23-10-4-5-15(12-23)21(26)29-3/h6-9,11,15H,4-5,10,12H2,1-3H3,(H,22,25)/t15-/m1/s1. The molecule has 3 rings (SSSR count). The summed E-state index contributed by atoms with van der Waals surface area (Å²) in [5.41, 5.74) is 0.586. The zero-order valence-electron chi connectivity index (χ0n) is 17.5. The lowest BCUT2D eigenvalue weighted by atomic mass is 10.0. The molecule has 0 aliphatic carbocycles. The molecule has 2 heterocycles. The maximum Gasteiger partial charge on any atom is 0.336 e. The highest BCUT2D eigenvalue weighted by molar-refractivity contribution is 7.89. The van der Waals surface area contributed by atoms with E-state index in [-0.39, 0.29) is 22.8 Å². The quantitative estimate of drug-likeness (QED) is 0.695. The second kappa shape index (κ2) is 9.03. The molecule has 0 saturated carbocycles. The Morgan fingerprint density at radius 1 is 1.19 bits per heavy atom. The number of benzene rings is 1. The number of methoxy groups -OCH3 is 1. The van der Waals surface area contributed by atoms with Crippen molar-refractivity contribution in [3.63, 3.8) is 0 Å². The van der Waals surface area contributed by atoms with Crippen molar-refractivity contribution in [3.8, 4) is 0 Å². The average molecular weight is 448 g/mol. The molecule has 0 bridgehead atoms. The lowest BCUT2D eigenvalue weighted by molar-refractivity contribution is -0.146. The Morgan fingerprint density at radius 3 is 2.48 bits per heavy atom. The van der Waals surface area contributed by atoms with Crippen LogP contribution in [0.4, 0.5) is 5.69 Å². The Bertz CT molecular complexity index is 1130. The average Bonchev–Trinajstić information content (AvgIpc) is 2.73. The van der Waals surface area contributed by atoms with Gasteiger partial charge in [-0.15, -0.1) is 0 Å². The molecule has 2 aromatic rings. The number of amides is 1. The van der Waals surface area contributed by atoms with Crippen molar-refractivity contribution in [1.29, 1.82) is 0 Å². The Hall–Kier alpha value is -2.98. The van der Waals surface area contributed by atoms with Crippen molar-refractivity contribution in [2.45, 2.75) is 31.6 Å². The molecule has 1 aromatic heterocycles. The number of anilines is 1. The van der Waals surface area contributed by atoms with Crippen molar-refractivity contribution >= 4 is 27.6 Å². The highest BCUT2D eigenvalue weighted by Crippen LogP contribution is 2.25. The van der Waals surface area contributed by atoms with E-state index in [1.54, 1.807) is 6.92 Å². The van der Waals surface area contributed by atoms with Crippen molar-refractivity contribution in [2.24, 2.45) is 5.92 Å². The summed E-state index contributed by atoms with van der Waals surface area (Å²) in [7, 11) is -2.50. The van der Waals surface area contributed by atoms with Gasteiger partial charge < -0.3 is 14.5 Å². The molecule has 1 aliphatic heterocycles. The number of nitrogens with one attached hydrogen (secondary N) is 1. The summed E-state index contributed by atoms with van der Waals surface area (Å²) in [4.78, 5) is 35.8. The van der Waals surface area contributed by atoms with Crippen LogP contribution < -0.4 is 10.9 Å².